The lowest BCUT2D eigenvalue weighted by molar-refractivity contribution is 0.102. The van der Waals surface area contributed by atoms with Gasteiger partial charge >= 0.3 is 0 Å². The second kappa shape index (κ2) is 9.40. The smallest absolute Gasteiger partial charge is 0.285 e. The molecule has 1 aromatic heterocycles. The van der Waals surface area contributed by atoms with Gasteiger partial charge in [-0.25, -0.2) is 0 Å². The average Bonchev–Trinajstić information content (AvgIpc) is 3.25. The molecule has 0 radical (unpaired) electrons. The van der Waals surface area contributed by atoms with Crippen molar-refractivity contribution in [1.82, 2.24) is 4.90 Å². The SMILES string of the molecule is CN(C)C(=O)Sc1ccc(NC(=O)c2ccc(NC(=O)c3cccs3)cc2)cc1. The number of hydrogen-bond donors (Lipinski definition) is 2. The van der Waals surface area contributed by atoms with E-state index < -0.39 is 0 Å². The number of amides is 3. The van der Waals surface area contributed by atoms with E-state index in [1.807, 2.05) is 11.4 Å². The van der Waals surface area contributed by atoms with E-state index in [1.165, 1.54) is 16.2 Å². The van der Waals surface area contributed by atoms with Crippen LogP contribution < -0.4 is 10.6 Å². The van der Waals surface area contributed by atoms with Crippen LogP contribution in [-0.2, 0) is 0 Å². The summed E-state index contributed by atoms with van der Waals surface area (Å²) in [6.07, 6.45) is 0. The van der Waals surface area contributed by atoms with E-state index in [0.29, 0.717) is 21.8 Å². The van der Waals surface area contributed by atoms with Crippen molar-refractivity contribution >= 4 is 51.5 Å². The first-order valence-electron chi connectivity index (χ1n) is 8.68. The van der Waals surface area contributed by atoms with E-state index in [0.717, 1.165) is 16.7 Å². The highest BCUT2D eigenvalue weighted by Gasteiger charge is 2.10. The number of anilines is 2. The molecule has 0 aliphatic heterocycles. The molecule has 2 aromatic carbocycles. The Morgan fingerprint density at radius 1 is 0.828 bits per heavy atom. The Balaban J connectivity index is 1.58. The summed E-state index contributed by atoms with van der Waals surface area (Å²) in [6.45, 7) is 0. The summed E-state index contributed by atoms with van der Waals surface area (Å²) in [5.74, 6) is -0.436. The molecule has 0 fully saturated rings. The maximum atomic E-state index is 12.4. The number of nitrogens with one attached hydrogen (secondary N) is 2. The molecule has 1 heterocycles. The molecule has 3 rings (SSSR count). The van der Waals surface area contributed by atoms with Crippen LogP contribution in [0.4, 0.5) is 16.2 Å². The summed E-state index contributed by atoms with van der Waals surface area (Å²) >= 11 is 2.49. The Hall–Kier alpha value is -3.10. The number of rotatable bonds is 5. The molecule has 3 amide bonds. The molecule has 6 nitrogen and oxygen atoms in total. The van der Waals surface area contributed by atoms with Crippen LogP contribution in [0, 0.1) is 0 Å². The van der Waals surface area contributed by atoms with Crippen LogP contribution in [0.15, 0.2) is 70.9 Å². The second-order valence-corrected chi connectivity index (χ2v) is 8.22. The fourth-order valence-corrected chi connectivity index (χ4v) is 3.58. The number of carbonyl (C=O) groups excluding carboxylic acids is 3. The van der Waals surface area contributed by atoms with Gasteiger partial charge in [-0.15, -0.1) is 11.3 Å². The third kappa shape index (κ3) is 5.69. The minimum Gasteiger partial charge on any atom is -0.339 e. The fraction of sp³-hybridized carbons (Fsp3) is 0.0952. The molecular weight excluding hydrogens is 406 g/mol. The Bertz CT molecular complexity index is 999. The van der Waals surface area contributed by atoms with Gasteiger partial charge in [0.15, 0.2) is 0 Å². The number of carbonyl (C=O) groups is 3. The first kappa shape index (κ1) is 20.6. The topological polar surface area (TPSA) is 78.5 Å². The van der Waals surface area contributed by atoms with Crippen molar-refractivity contribution in [3.8, 4) is 0 Å². The van der Waals surface area contributed by atoms with Gasteiger partial charge in [0.2, 0.25) is 0 Å². The lowest BCUT2D eigenvalue weighted by atomic mass is 10.2. The van der Waals surface area contributed by atoms with Gasteiger partial charge in [0.1, 0.15) is 0 Å². The van der Waals surface area contributed by atoms with Gasteiger partial charge < -0.3 is 15.5 Å². The van der Waals surface area contributed by atoms with Crippen LogP contribution in [0.5, 0.6) is 0 Å². The predicted molar refractivity (Wildman–Crippen MR) is 118 cm³/mol. The Morgan fingerprint density at radius 3 is 1.97 bits per heavy atom. The number of benzene rings is 2. The summed E-state index contributed by atoms with van der Waals surface area (Å²) in [5, 5.41) is 7.39. The van der Waals surface area contributed by atoms with Crippen molar-refractivity contribution in [3.63, 3.8) is 0 Å². The van der Waals surface area contributed by atoms with Gasteiger partial charge in [-0.3, -0.25) is 14.4 Å². The highest BCUT2D eigenvalue weighted by atomic mass is 32.2. The van der Waals surface area contributed by atoms with Gasteiger partial charge in [0, 0.05) is 35.9 Å². The van der Waals surface area contributed by atoms with E-state index in [2.05, 4.69) is 10.6 Å². The quantitative estimate of drug-likeness (QED) is 0.562. The van der Waals surface area contributed by atoms with Gasteiger partial charge in [-0.2, -0.15) is 0 Å². The van der Waals surface area contributed by atoms with Crippen molar-refractivity contribution in [2.75, 3.05) is 24.7 Å². The van der Waals surface area contributed by atoms with Crippen LogP contribution in [0.25, 0.3) is 0 Å². The van der Waals surface area contributed by atoms with E-state index in [4.69, 9.17) is 0 Å². The summed E-state index contributed by atoms with van der Waals surface area (Å²) in [7, 11) is 3.39. The van der Waals surface area contributed by atoms with Crippen LogP contribution in [0.3, 0.4) is 0 Å². The molecule has 0 aliphatic carbocycles. The highest BCUT2D eigenvalue weighted by molar-refractivity contribution is 8.13. The number of hydrogen-bond acceptors (Lipinski definition) is 5. The van der Waals surface area contributed by atoms with Crippen molar-refractivity contribution in [1.29, 1.82) is 0 Å². The van der Waals surface area contributed by atoms with Crippen LogP contribution >= 0.6 is 23.1 Å². The average molecular weight is 426 g/mol. The molecule has 3 aromatic rings. The molecule has 0 saturated heterocycles. The van der Waals surface area contributed by atoms with Crippen molar-refractivity contribution in [2.24, 2.45) is 0 Å². The Labute approximate surface area is 176 Å². The fourth-order valence-electron chi connectivity index (χ4n) is 2.31. The molecule has 29 heavy (non-hydrogen) atoms. The Morgan fingerprint density at radius 2 is 1.41 bits per heavy atom. The lowest BCUT2D eigenvalue weighted by Gasteiger charge is -2.10. The van der Waals surface area contributed by atoms with E-state index in [1.54, 1.807) is 68.7 Å². The largest absolute Gasteiger partial charge is 0.339 e. The maximum absolute atomic E-state index is 12.4. The number of thiophene rings is 1. The standard InChI is InChI=1S/C21H19N3O3S2/c1-24(2)21(27)29-17-11-9-16(10-12-17)22-19(25)14-5-7-15(8-6-14)23-20(26)18-4-3-13-28-18/h3-13H,1-2H3,(H,22,25)(H,23,26). The lowest BCUT2D eigenvalue weighted by Crippen LogP contribution is -2.16. The summed E-state index contributed by atoms with van der Waals surface area (Å²) in [5.41, 5.74) is 1.72. The molecule has 0 unspecified atom stereocenters. The third-order valence-corrected chi connectivity index (χ3v) is 5.75. The first-order chi connectivity index (χ1) is 13.9. The first-order valence-corrected chi connectivity index (χ1v) is 10.4. The summed E-state index contributed by atoms with van der Waals surface area (Å²) < 4.78 is 0. The molecule has 148 valence electrons. The molecule has 8 heteroatoms. The second-order valence-electron chi connectivity index (χ2n) is 6.25. The monoisotopic (exact) mass is 425 g/mol. The van der Waals surface area contributed by atoms with E-state index >= 15 is 0 Å². The van der Waals surface area contributed by atoms with Crippen molar-refractivity contribution in [2.45, 2.75) is 4.90 Å². The van der Waals surface area contributed by atoms with Crippen LogP contribution in [-0.4, -0.2) is 36.0 Å². The van der Waals surface area contributed by atoms with Crippen LogP contribution in [0.1, 0.15) is 20.0 Å². The summed E-state index contributed by atoms with van der Waals surface area (Å²) in [4.78, 5) is 39.1. The zero-order chi connectivity index (χ0) is 20.8. The van der Waals surface area contributed by atoms with Gasteiger partial charge in [-0.1, -0.05) is 6.07 Å². The zero-order valence-corrected chi connectivity index (χ0v) is 17.5. The third-order valence-electron chi connectivity index (χ3n) is 3.83. The maximum Gasteiger partial charge on any atom is 0.285 e. The van der Waals surface area contributed by atoms with E-state index in [9.17, 15) is 14.4 Å². The van der Waals surface area contributed by atoms with E-state index in [-0.39, 0.29) is 17.1 Å². The molecule has 0 spiro atoms. The molecule has 0 saturated carbocycles. The minimum absolute atomic E-state index is 0.0620. The molecule has 0 atom stereocenters. The number of thioether (sulfide) groups is 1. The molecule has 0 bridgehead atoms. The normalized spacial score (nSPS) is 10.3. The minimum atomic E-state index is -0.258. The molecule has 0 aliphatic rings. The van der Waals surface area contributed by atoms with Gasteiger partial charge in [0.05, 0.1) is 4.88 Å². The Kier molecular flexibility index (Phi) is 6.69. The zero-order valence-electron chi connectivity index (χ0n) is 15.8. The predicted octanol–water partition coefficient (Wildman–Crippen LogP) is 5.03. The van der Waals surface area contributed by atoms with Gasteiger partial charge in [-0.05, 0) is 71.7 Å². The summed E-state index contributed by atoms with van der Waals surface area (Å²) in [6, 6.07) is 17.3. The van der Waals surface area contributed by atoms with Crippen molar-refractivity contribution in [3.05, 3.63) is 76.5 Å². The highest BCUT2D eigenvalue weighted by Crippen LogP contribution is 2.23. The van der Waals surface area contributed by atoms with Crippen molar-refractivity contribution < 1.29 is 14.4 Å². The number of nitrogens with zero attached hydrogens (tertiary/aromatic N) is 1. The van der Waals surface area contributed by atoms with Gasteiger partial charge in [0.25, 0.3) is 17.1 Å². The molecular formula is C21H19N3O3S2. The molecule has 2 N–H and O–H groups in total. The van der Waals surface area contributed by atoms with Crippen LogP contribution in [0.2, 0.25) is 0 Å².